The lowest BCUT2D eigenvalue weighted by Crippen LogP contribution is -2.22. The Hall–Kier alpha value is -2.66. The van der Waals surface area contributed by atoms with E-state index in [0.29, 0.717) is 16.4 Å². The third-order valence-electron chi connectivity index (χ3n) is 3.86. The average molecular weight is 372 g/mol. The predicted molar refractivity (Wildman–Crippen MR) is 106 cm³/mol. The van der Waals surface area contributed by atoms with Crippen molar-refractivity contribution in [2.45, 2.75) is 33.6 Å². The summed E-state index contributed by atoms with van der Waals surface area (Å²) < 4.78 is 0. The van der Waals surface area contributed by atoms with E-state index in [4.69, 9.17) is 11.6 Å². The fourth-order valence-corrected chi connectivity index (χ4v) is 2.50. The molecule has 0 fully saturated rings. The zero-order valence-corrected chi connectivity index (χ0v) is 15.9. The number of benzene rings is 2. The van der Waals surface area contributed by atoms with Crippen molar-refractivity contribution in [3.05, 3.63) is 64.2 Å². The van der Waals surface area contributed by atoms with Crippen LogP contribution in [0.2, 0.25) is 5.02 Å². The predicted octanol–water partition coefficient (Wildman–Crippen LogP) is 4.22. The molecule has 0 unspecified atom stereocenters. The van der Waals surface area contributed by atoms with E-state index in [1.807, 2.05) is 45.0 Å². The first-order valence-corrected chi connectivity index (χ1v) is 8.69. The first kappa shape index (κ1) is 19.7. The van der Waals surface area contributed by atoms with Gasteiger partial charge in [0.2, 0.25) is 11.8 Å². The lowest BCUT2D eigenvalue weighted by atomic mass is 10.1. The molecule has 0 aliphatic carbocycles. The summed E-state index contributed by atoms with van der Waals surface area (Å²) in [5.41, 5.74) is 6.85. The fourth-order valence-electron chi connectivity index (χ4n) is 2.27. The SMILES string of the molecule is C/C(=N/NC(=O)CCC(=O)Nc1ccc(Cl)cc1C)c1ccc(C)cc1. The van der Waals surface area contributed by atoms with Crippen LogP contribution in [0.25, 0.3) is 0 Å². The van der Waals surface area contributed by atoms with Crippen molar-refractivity contribution >= 4 is 34.8 Å². The minimum absolute atomic E-state index is 0.0587. The Kier molecular flexibility index (Phi) is 6.92. The second-order valence-corrected chi connectivity index (χ2v) is 6.54. The molecule has 0 aromatic heterocycles. The van der Waals surface area contributed by atoms with Crippen LogP contribution in [-0.2, 0) is 9.59 Å². The van der Waals surface area contributed by atoms with Crippen molar-refractivity contribution < 1.29 is 9.59 Å². The minimum Gasteiger partial charge on any atom is -0.326 e. The number of anilines is 1. The summed E-state index contributed by atoms with van der Waals surface area (Å²) in [6.45, 7) is 5.69. The topological polar surface area (TPSA) is 70.6 Å². The molecule has 2 rings (SSSR count). The van der Waals surface area contributed by atoms with Gasteiger partial charge >= 0.3 is 0 Å². The van der Waals surface area contributed by atoms with Crippen LogP contribution in [0.3, 0.4) is 0 Å². The molecule has 0 heterocycles. The maximum absolute atomic E-state index is 12.0. The number of carbonyl (C=O) groups is 2. The molecular formula is C20H22ClN3O2. The van der Waals surface area contributed by atoms with Gasteiger partial charge in [-0.2, -0.15) is 5.10 Å². The summed E-state index contributed by atoms with van der Waals surface area (Å²) in [5.74, 6) is -0.538. The zero-order chi connectivity index (χ0) is 19.1. The molecule has 26 heavy (non-hydrogen) atoms. The largest absolute Gasteiger partial charge is 0.326 e. The fraction of sp³-hybridized carbons (Fsp3) is 0.250. The first-order valence-electron chi connectivity index (χ1n) is 8.31. The van der Waals surface area contributed by atoms with Crippen LogP contribution < -0.4 is 10.7 Å². The van der Waals surface area contributed by atoms with Crippen molar-refractivity contribution in [1.29, 1.82) is 0 Å². The number of nitrogens with zero attached hydrogens (tertiary/aromatic N) is 1. The summed E-state index contributed by atoms with van der Waals surface area (Å²) in [7, 11) is 0. The molecule has 5 nitrogen and oxygen atoms in total. The van der Waals surface area contributed by atoms with Gasteiger partial charge in [-0.15, -0.1) is 0 Å². The van der Waals surface area contributed by atoms with Gasteiger partial charge in [-0.05, 0) is 50.1 Å². The molecule has 2 aromatic rings. The van der Waals surface area contributed by atoms with Crippen LogP contribution in [-0.4, -0.2) is 17.5 Å². The highest BCUT2D eigenvalue weighted by Gasteiger charge is 2.09. The van der Waals surface area contributed by atoms with E-state index < -0.39 is 0 Å². The summed E-state index contributed by atoms with van der Waals surface area (Å²) in [4.78, 5) is 23.9. The van der Waals surface area contributed by atoms with Gasteiger partial charge in [-0.25, -0.2) is 5.43 Å². The third-order valence-corrected chi connectivity index (χ3v) is 4.09. The molecular weight excluding hydrogens is 350 g/mol. The van der Waals surface area contributed by atoms with Crippen LogP contribution in [0.1, 0.15) is 36.5 Å². The maximum Gasteiger partial charge on any atom is 0.240 e. The molecule has 0 radical (unpaired) electrons. The van der Waals surface area contributed by atoms with Gasteiger partial charge in [0.05, 0.1) is 5.71 Å². The molecule has 0 bridgehead atoms. The smallest absolute Gasteiger partial charge is 0.240 e. The van der Waals surface area contributed by atoms with E-state index in [9.17, 15) is 9.59 Å². The van der Waals surface area contributed by atoms with Gasteiger partial charge in [0.15, 0.2) is 0 Å². The molecule has 0 saturated carbocycles. The maximum atomic E-state index is 12.0. The number of carbonyl (C=O) groups excluding carboxylic acids is 2. The molecule has 2 amide bonds. The van der Waals surface area contributed by atoms with Crippen LogP contribution in [0.15, 0.2) is 47.6 Å². The Morgan fingerprint density at radius 1 is 1.00 bits per heavy atom. The monoisotopic (exact) mass is 371 g/mol. The van der Waals surface area contributed by atoms with Crippen molar-refractivity contribution in [2.24, 2.45) is 5.10 Å². The third kappa shape index (κ3) is 6.01. The number of amides is 2. The highest BCUT2D eigenvalue weighted by Crippen LogP contribution is 2.19. The van der Waals surface area contributed by atoms with Gasteiger partial charge in [0.1, 0.15) is 0 Å². The average Bonchev–Trinajstić information content (AvgIpc) is 2.61. The van der Waals surface area contributed by atoms with E-state index in [0.717, 1.165) is 16.7 Å². The Labute approximate surface area is 158 Å². The van der Waals surface area contributed by atoms with Crippen molar-refractivity contribution in [3.8, 4) is 0 Å². The Morgan fingerprint density at radius 3 is 2.31 bits per heavy atom. The molecule has 2 N–H and O–H groups in total. The van der Waals surface area contributed by atoms with Crippen molar-refractivity contribution in [1.82, 2.24) is 5.43 Å². The van der Waals surface area contributed by atoms with Crippen LogP contribution in [0.5, 0.6) is 0 Å². The number of hydrogen-bond acceptors (Lipinski definition) is 3. The van der Waals surface area contributed by atoms with Gasteiger partial charge in [0, 0.05) is 23.6 Å². The highest BCUT2D eigenvalue weighted by molar-refractivity contribution is 6.30. The molecule has 0 aliphatic heterocycles. The van der Waals surface area contributed by atoms with Gasteiger partial charge in [-0.3, -0.25) is 9.59 Å². The number of nitrogens with one attached hydrogen (secondary N) is 2. The van der Waals surface area contributed by atoms with Crippen LogP contribution >= 0.6 is 11.6 Å². The first-order chi connectivity index (χ1) is 12.3. The van der Waals surface area contributed by atoms with E-state index in [-0.39, 0.29) is 24.7 Å². The lowest BCUT2D eigenvalue weighted by molar-refractivity contribution is -0.124. The number of rotatable bonds is 6. The van der Waals surface area contributed by atoms with Crippen LogP contribution in [0, 0.1) is 13.8 Å². The van der Waals surface area contributed by atoms with Crippen molar-refractivity contribution in [2.75, 3.05) is 5.32 Å². The zero-order valence-electron chi connectivity index (χ0n) is 15.1. The molecule has 136 valence electrons. The normalized spacial score (nSPS) is 11.2. The lowest BCUT2D eigenvalue weighted by Gasteiger charge is -2.08. The Balaban J connectivity index is 1.81. The molecule has 6 heteroatoms. The van der Waals surface area contributed by atoms with E-state index in [2.05, 4.69) is 15.8 Å². The number of hydrazone groups is 1. The summed E-state index contributed by atoms with van der Waals surface area (Å²) in [5, 5.41) is 7.47. The number of halogens is 1. The molecule has 0 atom stereocenters. The number of aryl methyl sites for hydroxylation is 2. The van der Waals surface area contributed by atoms with E-state index in [1.54, 1.807) is 18.2 Å². The number of hydrogen-bond donors (Lipinski definition) is 2. The van der Waals surface area contributed by atoms with E-state index >= 15 is 0 Å². The summed E-state index contributed by atoms with van der Waals surface area (Å²) in [6.07, 6.45) is 0.135. The Morgan fingerprint density at radius 2 is 1.65 bits per heavy atom. The van der Waals surface area contributed by atoms with Crippen molar-refractivity contribution in [3.63, 3.8) is 0 Å². The highest BCUT2D eigenvalue weighted by atomic mass is 35.5. The van der Waals surface area contributed by atoms with Gasteiger partial charge < -0.3 is 5.32 Å². The second kappa shape index (κ2) is 9.15. The molecule has 2 aromatic carbocycles. The summed E-state index contributed by atoms with van der Waals surface area (Å²) >= 11 is 5.89. The quantitative estimate of drug-likeness (QED) is 0.589. The summed E-state index contributed by atoms with van der Waals surface area (Å²) in [6, 6.07) is 13.1. The minimum atomic E-state index is -0.306. The van der Waals surface area contributed by atoms with Crippen LogP contribution in [0.4, 0.5) is 5.69 Å². The standard InChI is InChI=1S/C20H22ClN3O2/c1-13-4-6-16(7-5-13)15(3)23-24-20(26)11-10-19(25)22-18-9-8-17(21)12-14(18)2/h4-9,12H,10-11H2,1-3H3,(H,22,25)(H,24,26)/b23-15-. The van der Waals surface area contributed by atoms with Gasteiger partial charge in [0.25, 0.3) is 0 Å². The Bertz CT molecular complexity index is 829. The molecule has 0 aliphatic rings. The molecule has 0 saturated heterocycles. The second-order valence-electron chi connectivity index (χ2n) is 6.11. The molecule has 0 spiro atoms. The van der Waals surface area contributed by atoms with Gasteiger partial charge in [-0.1, -0.05) is 41.4 Å². The van der Waals surface area contributed by atoms with E-state index in [1.165, 1.54) is 0 Å².